The predicted molar refractivity (Wildman–Crippen MR) is 101 cm³/mol. The molecule has 134 valence electrons. The van der Waals surface area contributed by atoms with E-state index in [-0.39, 0.29) is 18.6 Å². The number of carbonyl (C=O) groups excluding carboxylic acids is 1. The Labute approximate surface area is 149 Å². The second-order valence-electron chi connectivity index (χ2n) is 6.25. The summed E-state index contributed by atoms with van der Waals surface area (Å²) in [7, 11) is 0. The topological polar surface area (TPSA) is 61.8 Å². The first-order chi connectivity index (χ1) is 12.0. The molecule has 2 rings (SSSR count). The van der Waals surface area contributed by atoms with Gasteiger partial charge in [-0.25, -0.2) is 0 Å². The van der Waals surface area contributed by atoms with Crippen molar-refractivity contribution in [3.63, 3.8) is 0 Å². The number of carbonyl (C=O) groups is 1. The molecule has 0 heterocycles. The van der Waals surface area contributed by atoms with Gasteiger partial charge in [0.05, 0.1) is 0 Å². The number of aliphatic hydroxyl groups excluding tert-OH is 1. The van der Waals surface area contributed by atoms with Gasteiger partial charge in [0.2, 0.25) is 5.91 Å². The molecule has 0 aliphatic rings. The van der Waals surface area contributed by atoms with Gasteiger partial charge < -0.3 is 20.1 Å². The molecule has 0 saturated heterocycles. The number of nitrogens with one attached hydrogen (secondary N) is 1. The molecule has 5 nitrogen and oxygen atoms in total. The molecular formula is C20H26N2O3. The summed E-state index contributed by atoms with van der Waals surface area (Å²) >= 11 is 0. The fourth-order valence-corrected chi connectivity index (χ4v) is 2.54. The summed E-state index contributed by atoms with van der Waals surface area (Å²) in [6.45, 7) is 6.36. The van der Waals surface area contributed by atoms with Gasteiger partial charge in [-0.2, -0.15) is 0 Å². The number of ether oxygens (including phenoxy) is 1. The third kappa shape index (κ3) is 6.12. The molecule has 1 unspecified atom stereocenters. The first kappa shape index (κ1) is 18.8. The number of rotatable bonds is 8. The average molecular weight is 342 g/mol. The van der Waals surface area contributed by atoms with E-state index in [4.69, 9.17) is 4.74 Å². The minimum atomic E-state index is -0.613. The second kappa shape index (κ2) is 9.08. The molecule has 5 heteroatoms. The monoisotopic (exact) mass is 342 g/mol. The Morgan fingerprint density at radius 3 is 2.32 bits per heavy atom. The van der Waals surface area contributed by atoms with E-state index in [2.05, 4.69) is 24.1 Å². The SMILES string of the molecule is CC(=O)Nc1ccc(OCC(O)CN(c2ccccc2)C(C)C)cc1. The average Bonchev–Trinajstić information content (AvgIpc) is 2.59. The zero-order valence-electron chi connectivity index (χ0n) is 15.0. The predicted octanol–water partition coefficient (Wildman–Crippen LogP) is 3.30. The molecule has 0 fully saturated rings. The van der Waals surface area contributed by atoms with Gasteiger partial charge in [-0.15, -0.1) is 0 Å². The van der Waals surface area contributed by atoms with Gasteiger partial charge in [-0.1, -0.05) is 18.2 Å². The summed E-state index contributed by atoms with van der Waals surface area (Å²) < 4.78 is 5.65. The van der Waals surface area contributed by atoms with E-state index in [9.17, 15) is 9.90 Å². The molecule has 0 bridgehead atoms. The molecule has 25 heavy (non-hydrogen) atoms. The van der Waals surface area contributed by atoms with E-state index >= 15 is 0 Å². The van der Waals surface area contributed by atoms with Crippen LogP contribution in [0.1, 0.15) is 20.8 Å². The van der Waals surface area contributed by atoms with Crippen LogP contribution in [-0.4, -0.2) is 36.3 Å². The van der Waals surface area contributed by atoms with Gasteiger partial charge in [-0.3, -0.25) is 4.79 Å². The molecule has 0 saturated carbocycles. The quantitative estimate of drug-likeness (QED) is 0.773. The number of para-hydroxylation sites is 1. The molecule has 2 N–H and O–H groups in total. The Morgan fingerprint density at radius 1 is 1.12 bits per heavy atom. The lowest BCUT2D eigenvalue weighted by Gasteiger charge is -2.31. The third-order valence-electron chi connectivity index (χ3n) is 3.74. The molecule has 2 aromatic carbocycles. The van der Waals surface area contributed by atoms with E-state index in [1.54, 1.807) is 24.3 Å². The Bertz CT molecular complexity index is 656. The highest BCUT2D eigenvalue weighted by Gasteiger charge is 2.16. The van der Waals surface area contributed by atoms with E-state index in [1.807, 2.05) is 30.3 Å². The highest BCUT2D eigenvalue weighted by molar-refractivity contribution is 5.88. The summed E-state index contributed by atoms with van der Waals surface area (Å²) in [5.74, 6) is 0.544. The number of anilines is 2. The summed E-state index contributed by atoms with van der Waals surface area (Å²) in [5.41, 5.74) is 1.80. The van der Waals surface area contributed by atoms with Crippen LogP contribution in [0.25, 0.3) is 0 Å². The molecule has 1 amide bonds. The zero-order chi connectivity index (χ0) is 18.2. The highest BCUT2D eigenvalue weighted by Crippen LogP contribution is 2.18. The maximum atomic E-state index is 11.0. The second-order valence-corrected chi connectivity index (χ2v) is 6.25. The van der Waals surface area contributed by atoms with Crippen molar-refractivity contribution >= 4 is 17.3 Å². The first-order valence-corrected chi connectivity index (χ1v) is 8.46. The van der Waals surface area contributed by atoms with Crippen LogP contribution in [0.3, 0.4) is 0 Å². The Hall–Kier alpha value is -2.53. The van der Waals surface area contributed by atoms with Crippen LogP contribution in [0.5, 0.6) is 5.75 Å². The van der Waals surface area contributed by atoms with Crippen LogP contribution >= 0.6 is 0 Å². The zero-order valence-corrected chi connectivity index (χ0v) is 15.0. The molecule has 2 aromatic rings. The van der Waals surface area contributed by atoms with Gasteiger partial charge in [0, 0.05) is 30.9 Å². The number of aliphatic hydroxyl groups is 1. The molecular weight excluding hydrogens is 316 g/mol. The number of nitrogens with zero attached hydrogens (tertiary/aromatic N) is 1. The van der Waals surface area contributed by atoms with Crippen molar-refractivity contribution < 1.29 is 14.6 Å². The summed E-state index contributed by atoms with van der Waals surface area (Å²) in [5, 5.41) is 13.0. The molecule has 0 spiro atoms. The lowest BCUT2D eigenvalue weighted by atomic mass is 10.2. The van der Waals surface area contributed by atoms with Gasteiger partial charge in [0.1, 0.15) is 18.5 Å². The van der Waals surface area contributed by atoms with Crippen molar-refractivity contribution in [3.05, 3.63) is 54.6 Å². The van der Waals surface area contributed by atoms with Crippen LogP contribution in [0.4, 0.5) is 11.4 Å². The van der Waals surface area contributed by atoms with Gasteiger partial charge in [0.15, 0.2) is 0 Å². The van der Waals surface area contributed by atoms with Crippen molar-refractivity contribution in [2.24, 2.45) is 0 Å². The fourth-order valence-electron chi connectivity index (χ4n) is 2.54. The lowest BCUT2D eigenvalue weighted by Crippen LogP contribution is -2.39. The maximum Gasteiger partial charge on any atom is 0.221 e. The highest BCUT2D eigenvalue weighted by atomic mass is 16.5. The summed E-state index contributed by atoms with van der Waals surface area (Å²) in [6, 6.07) is 17.4. The first-order valence-electron chi connectivity index (χ1n) is 8.46. The Balaban J connectivity index is 1.88. The van der Waals surface area contributed by atoms with Crippen molar-refractivity contribution in [2.45, 2.75) is 32.9 Å². The standard InChI is InChI=1S/C20H26N2O3/c1-15(2)22(18-7-5-4-6-8-18)13-19(24)14-25-20-11-9-17(10-12-20)21-16(3)23/h4-12,15,19,24H,13-14H2,1-3H3,(H,21,23). The summed E-state index contributed by atoms with van der Waals surface area (Å²) in [4.78, 5) is 13.2. The van der Waals surface area contributed by atoms with E-state index in [0.717, 1.165) is 11.4 Å². The van der Waals surface area contributed by atoms with E-state index in [1.165, 1.54) is 6.92 Å². The third-order valence-corrected chi connectivity index (χ3v) is 3.74. The largest absolute Gasteiger partial charge is 0.491 e. The van der Waals surface area contributed by atoms with Gasteiger partial charge in [0.25, 0.3) is 0 Å². The van der Waals surface area contributed by atoms with E-state index in [0.29, 0.717) is 12.3 Å². The molecule has 0 aliphatic carbocycles. The number of amides is 1. The Kier molecular flexibility index (Phi) is 6.83. The molecule has 0 aromatic heterocycles. The van der Waals surface area contributed by atoms with Crippen LogP contribution in [0.2, 0.25) is 0 Å². The fraction of sp³-hybridized carbons (Fsp3) is 0.350. The van der Waals surface area contributed by atoms with Crippen molar-refractivity contribution in [2.75, 3.05) is 23.4 Å². The molecule has 0 radical (unpaired) electrons. The number of benzene rings is 2. The number of hydrogen-bond donors (Lipinski definition) is 2. The molecule has 0 aliphatic heterocycles. The van der Waals surface area contributed by atoms with Crippen molar-refractivity contribution in [1.82, 2.24) is 0 Å². The minimum absolute atomic E-state index is 0.112. The van der Waals surface area contributed by atoms with Crippen LogP contribution in [0.15, 0.2) is 54.6 Å². The van der Waals surface area contributed by atoms with Crippen molar-refractivity contribution in [3.8, 4) is 5.75 Å². The maximum absolute atomic E-state index is 11.0. The summed E-state index contributed by atoms with van der Waals surface area (Å²) in [6.07, 6.45) is -0.613. The van der Waals surface area contributed by atoms with Gasteiger partial charge >= 0.3 is 0 Å². The minimum Gasteiger partial charge on any atom is -0.491 e. The number of hydrogen-bond acceptors (Lipinski definition) is 4. The Morgan fingerprint density at radius 2 is 1.76 bits per heavy atom. The smallest absolute Gasteiger partial charge is 0.221 e. The van der Waals surface area contributed by atoms with Crippen LogP contribution < -0.4 is 15.0 Å². The molecule has 1 atom stereocenters. The van der Waals surface area contributed by atoms with E-state index < -0.39 is 6.10 Å². The van der Waals surface area contributed by atoms with Gasteiger partial charge in [-0.05, 0) is 50.2 Å². The lowest BCUT2D eigenvalue weighted by molar-refractivity contribution is -0.114. The van der Waals surface area contributed by atoms with Crippen LogP contribution in [0, 0.1) is 0 Å². The normalized spacial score (nSPS) is 11.9. The van der Waals surface area contributed by atoms with Crippen LogP contribution in [-0.2, 0) is 4.79 Å². The van der Waals surface area contributed by atoms with Crippen molar-refractivity contribution in [1.29, 1.82) is 0 Å².